The predicted molar refractivity (Wildman–Crippen MR) is 141 cm³/mol. The van der Waals surface area contributed by atoms with Gasteiger partial charge in [-0.05, 0) is 69.8 Å². The molecule has 1 amide bonds. The molecule has 1 saturated heterocycles. The van der Waals surface area contributed by atoms with Crippen molar-refractivity contribution in [3.63, 3.8) is 0 Å². The highest BCUT2D eigenvalue weighted by Gasteiger charge is 2.41. The summed E-state index contributed by atoms with van der Waals surface area (Å²) in [4.78, 5) is 29.3. The summed E-state index contributed by atoms with van der Waals surface area (Å²) in [6.07, 6.45) is 7.62. The van der Waals surface area contributed by atoms with Gasteiger partial charge in [0.15, 0.2) is 0 Å². The van der Waals surface area contributed by atoms with Gasteiger partial charge in [0.2, 0.25) is 5.91 Å². The molecule has 7 nitrogen and oxygen atoms in total. The van der Waals surface area contributed by atoms with Crippen LogP contribution in [0.3, 0.4) is 0 Å². The Morgan fingerprint density at radius 1 is 1.22 bits per heavy atom. The fraction of sp³-hybridized carbons (Fsp3) is 0.714. The molecule has 2 heterocycles. The Hall–Kier alpha value is -1.74. The van der Waals surface area contributed by atoms with Crippen molar-refractivity contribution in [2.24, 2.45) is 5.92 Å². The first kappa shape index (κ1) is 27.3. The second-order valence-corrected chi connectivity index (χ2v) is 12.9. The molecule has 2 atom stereocenters. The van der Waals surface area contributed by atoms with Crippen LogP contribution in [0.25, 0.3) is 0 Å². The Balaban J connectivity index is 1.58. The quantitative estimate of drug-likeness (QED) is 0.475. The number of rotatable bonds is 7. The number of nitrogens with zero attached hydrogens (tertiary/aromatic N) is 1. The largest absolute Gasteiger partial charge is 0.477 e. The van der Waals surface area contributed by atoms with Gasteiger partial charge in [0.05, 0.1) is 30.6 Å². The van der Waals surface area contributed by atoms with E-state index in [2.05, 4.69) is 33.8 Å². The highest BCUT2D eigenvalue weighted by Crippen LogP contribution is 2.42. The van der Waals surface area contributed by atoms with Crippen molar-refractivity contribution < 1.29 is 29.3 Å². The minimum atomic E-state index is -0.998. The standard InChI is InChI=1S/C28H41NO6S/c1-18-5-7-19(8-6-18)25(30)29(22-15-23(27(2,3)4)36-24(22)26(31)32)20-9-12-28(33,13-10-20)17-35-21-11-14-34-16-21/h5,15,19-21,33H,6-14,16-17H2,1-4H3,(H,31,32)/t19-,20?,21-,28?/m0/s1. The molecule has 0 spiro atoms. The molecule has 2 N–H and O–H groups in total. The number of aromatic carboxylic acids is 1. The van der Waals surface area contributed by atoms with Crippen LogP contribution in [0.15, 0.2) is 17.7 Å². The van der Waals surface area contributed by atoms with E-state index < -0.39 is 11.6 Å². The summed E-state index contributed by atoms with van der Waals surface area (Å²) in [7, 11) is 0. The molecule has 200 valence electrons. The van der Waals surface area contributed by atoms with Crippen LogP contribution >= 0.6 is 11.3 Å². The topological polar surface area (TPSA) is 96.3 Å². The maximum Gasteiger partial charge on any atom is 0.348 e. The lowest BCUT2D eigenvalue weighted by Gasteiger charge is -2.42. The number of carbonyl (C=O) groups excluding carboxylic acids is 1. The van der Waals surface area contributed by atoms with Crippen LogP contribution in [-0.2, 0) is 19.7 Å². The number of thiophene rings is 1. The molecule has 36 heavy (non-hydrogen) atoms. The van der Waals surface area contributed by atoms with E-state index in [1.54, 1.807) is 4.90 Å². The first-order valence-corrected chi connectivity index (χ1v) is 14.1. The summed E-state index contributed by atoms with van der Waals surface area (Å²) in [6, 6.07) is 1.76. The first-order valence-electron chi connectivity index (χ1n) is 13.2. The molecule has 8 heteroatoms. The van der Waals surface area contributed by atoms with Crippen LogP contribution < -0.4 is 4.90 Å². The van der Waals surface area contributed by atoms with Gasteiger partial charge in [0.25, 0.3) is 0 Å². The van der Waals surface area contributed by atoms with Crippen LogP contribution in [0.4, 0.5) is 5.69 Å². The Kier molecular flexibility index (Phi) is 8.29. The van der Waals surface area contributed by atoms with Gasteiger partial charge in [0, 0.05) is 23.4 Å². The zero-order chi connectivity index (χ0) is 26.1. The summed E-state index contributed by atoms with van der Waals surface area (Å²) >= 11 is 1.27. The molecule has 1 saturated carbocycles. The van der Waals surface area contributed by atoms with E-state index in [0.29, 0.717) is 51.0 Å². The van der Waals surface area contributed by atoms with Gasteiger partial charge in [-0.15, -0.1) is 11.3 Å². The molecule has 0 unspecified atom stereocenters. The van der Waals surface area contributed by atoms with Gasteiger partial charge in [-0.2, -0.15) is 0 Å². The number of allylic oxidation sites excluding steroid dienone is 2. The van der Waals surface area contributed by atoms with E-state index in [9.17, 15) is 19.8 Å². The van der Waals surface area contributed by atoms with Crippen LogP contribution in [0.5, 0.6) is 0 Å². The molecular weight excluding hydrogens is 478 g/mol. The van der Waals surface area contributed by atoms with Gasteiger partial charge in [-0.1, -0.05) is 32.4 Å². The molecule has 2 fully saturated rings. The van der Waals surface area contributed by atoms with E-state index in [1.165, 1.54) is 16.9 Å². The summed E-state index contributed by atoms with van der Waals surface area (Å²) in [5.41, 5.74) is 0.668. The van der Waals surface area contributed by atoms with Crippen LogP contribution in [-0.4, -0.2) is 59.7 Å². The molecule has 3 aliphatic rings. The van der Waals surface area contributed by atoms with E-state index in [1.807, 2.05) is 6.07 Å². The lowest BCUT2D eigenvalue weighted by molar-refractivity contribution is -0.124. The third kappa shape index (κ3) is 6.21. The number of ether oxygens (including phenoxy) is 2. The number of carboxylic acids is 1. The zero-order valence-electron chi connectivity index (χ0n) is 22.0. The van der Waals surface area contributed by atoms with Crippen molar-refractivity contribution >= 4 is 28.9 Å². The van der Waals surface area contributed by atoms with Crippen molar-refractivity contribution in [1.82, 2.24) is 0 Å². The minimum Gasteiger partial charge on any atom is -0.477 e. The molecule has 1 aliphatic heterocycles. The summed E-state index contributed by atoms with van der Waals surface area (Å²) < 4.78 is 11.3. The van der Waals surface area contributed by atoms with E-state index in [4.69, 9.17) is 9.47 Å². The monoisotopic (exact) mass is 519 g/mol. The van der Waals surface area contributed by atoms with Crippen molar-refractivity contribution in [2.45, 2.75) is 102 Å². The number of carbonyl (C=O) groups is 2. The minimum absolute atomic E-state index is 0.00861. The van der Waals surface area contributed by atoms with Gasteiger partial charge < -0.3 is 24.6 Å². The van der Waals surface area contributed by atoms with Gasteiger partial charge >= 0.3 is 5.97 Å². The molecule has 1 aromatic rings. The smallest absolute Gasteiger partial charge is 0.348 e. The molecule has 2 aliphatic carbocycles. The normalized spacial score (nSPS) is 29.1. The average molecular weight is 520 g/mol. The number of amides is 1. The number of carboxylic acid groups (broad SMARTS) is 1. The van der Waals surface area contributed by atoms with Gasteiger partial charge in [-0.25, -0.2) is 4.79 Å². The number of aliphatic hydroxyl groups is 1. The highest BCUT2D eigenvalue weighted by molar-refractivity contribution is 7.14. The van der Waals surface area contributed by atoms with E-state index in [0.717, 1.165) is 24.1 Å². The maximum absolute atomic E-state index is 14.0. The molecule has 4 rings (SSSR count). The van der Waals surface area contributed by atoms with Crippen molar-refractivity contribution in [1.29, 1.82) is 0 Å². The lowest BCUT2D eigenvalue weighted by Crippen LogP contribution is -2.50. The number of hydrogen-bond acceptors (Lipinski definition) is 6. The van der Waals surface area contributed by atoms with Crippen molar-refractivity contribution in [2.75, 3.05) is 24.7 Å². The third-order valence-electron chi connectivity index (χ3n) is 7.86. The molecule has 0 bridgehead atoms. The Morgan fingerprint density at radius 2 is 1.94 bits per heavy atom. The Labute approximate surface area is 218 Å². The van der Waals surface area contributed by atoms with Crippen LogP contribution in [0.2, 0.25) is 0 Å². The fourth-order valence-corrected chi connectivity index (χ4v) is 6.47. The lowest BCUT2D eigenvalue weighted by atomic mass is 9.81. The SMILES string of the molecule is CC1=CC[C@H](C(=O)N(c2cc(C(C)(C)C)sc2C(=O)O)C2CCC(O)(CO[C@H]3CCOC3)CC2)CC1. The van der Waals surface area contributed by atoms with E-state index >= 15 is 0 Å². The number of anilines is 1. The zero-order valence-corrected chi connectivity index (χ0v) is 22.9. The van der Waals surface area contributed by atoms with E-state index in [-0.39, 0.29) is 40.9 Å². The summed E-state index contributed by atoms with van der Waals surface area (Å²) in [5, 5.41) is 21.3. The summed E-state index contributed by atoms with van der Waals surface area (Å²) in [6.45, 7) is 9.81. The highest BCUT2D eigenvalue weighted by atomic mass is 32.1. The molecule has 1 aromatic heterocycles. The van der Waals surface area contributed by atoms with Crippen molar-refractivity contribution in [3.8, 4) is 0 Å². The predicted octanol–water partition coefficient (Wildman–Crippen LogP) is 5.30. The average Bonchev–Trinajstić information content (AvgIpc) is 3.50. The second kappa shape index (κ2) is 10.9. The number of hydrogen-bond donors (Lipinski definition) is 2. The summed E-state index contributed by atoms with van der Waals surface area (Å²) in [5.74, 6) is -1.14. The van der Waals surface area contributed by atoms with Crippen molar-refractivity contribution in [3.05, 3.63) is 27.5 Å². The molecule has 0 aromatic carbocycles. The second-order valence-electron chi connectivity index (χ2n) is 11.9. The fourth-order valence-electron chi connectivity index (χ4n) is 5.42. The Bertz CT molecular complexity index is 979. The van der Waals surface area contributed by atoms with Gasteiger partial charge in [0.1, 0.15) is 4.88 Å². The molecule has 0 radical (unpaired) electrons. The Morgan fingerprint density at radius 3 is 2.50 bits per heavy atom. The van der Waals surface area contributed by atoms with Crippen LogP contribution in [0.1, 0.15) is 93.6 Å². The van der Waals surface area contributed by atoms with Gasteiger partial charge in [-0.3, -0.25) is 4.79 Å². The maximum atomic E-state index is 14.0. The first-order chi connectivity index (χ1) is 17.0. The third-order valence-corrected chi connectivity index (χ3v) is 9.39. The van der Waals surface area contributed by atoms with Crippen LogP contribution in [0, 0.1) is 5.92 Å². The molecular formula is C28H41NO6S.